The number of rotatable bonds is 5. The van der Waals surface area contributed by atoms with Gasteiger partial charge in [-0.15, -0.1) is 10.2 Å². The highest BCUT2D eigenvalue weighted by molar-refractivity contribution is 5.78. The summed E-state index contributed by atoms with van der Waals surface area (Å²) < 4.78 is 11.0. The molecule has 0 radical (unpaired) electrons. The van der Waals surface area contributed by atoms with Gasteiger partial charge >= 0.3 is 0 Å². The van der Waals surface area contributed by atoms with Crippen LogP contribution in [0, 0.1) is 0 Å². The number of nitrogens with zero attached hydrogens (tertiary/aromatic N) is 3. The lowest BCUT2D eigenvalue weighted by molar-refractivity contribution is -0.132. The number of hydrogen-bond donors (Lipinski definition) is 0. The monoisotopic (exact) mass is 301 g/mol. The number of aromatic nitrogens is 2. The van der Waals surface area contributed by atoms with Crippen molar-refractivity contribution in [3.05, 3.63) is 30.2 Å². The van der Waals surface area contributed by atoms with E-state index in [2.05, 4.69) is 10.2 Å². The number of carbonyl (C=O) groups is 1. The van der Waals surface area contributed by atoms with Crippen LogP contribution < -0.4 is 4.74 Å². The number of carbonyl (C=O) groups excluding carboxylic acids is 1. The Labute approximate surface area is 129 Å². The second-order valence-electron chi connectivity index (χ2n) is 5.26. The van der Waals surface area contributed by atoms with E-state index >= 15 is 0 Å². The molecular formula is C16H19N3O3. The normalized spacial score (nSPS) is 14.3. The van der Waals surface area contributed by atoms with Gasteiger partial charge in [-0.2, -0.15) is 0 Å². The molecular weight excluding hydrogens is 282 g/mol. The van der Waals surface area contributed by atoms with Crippen LogP contribution in [-0.2, 0) is 11.2 Å². The molecule has 2 heterocycles. The minimum atomic E-state index is 0.0473. The molecule has 1 saturated heterocycles. The molecule has 1 aliphatic heterocycles. The lowest BCUT2D eigenvalue weighted by Gasteiger charge is -2.15. The summed E-state index contributed by atoms with van der Waals surface area (Å²) in [7, 11) is 0. The first-order valence-electron chi connectivity index (χ1n) is 7.59. The van der Waals surface area contributed by atoms with E-state index in [-0.39, 0.29) is 12.5 Å². The Bertz CT molecular complexity index is 630. The molecule has 6 heteroatoms. The van der Waals surface area contributed by atoms with Crippen molar-refractivity contribution in [1.82, 2.24) is 15.1 Å². The second kappa shape index (κ2) is 6.60. The Morgan fingerprint density at radius 1 is 1.23 bits per heavy atom. The van der Waals surface area contributed by atoms with Crippen molar-refractivity contribution in [1.29, 1.82) is 0 Å². The van der Waals surface area contributed by atoms with E-state index < -0.39 is 0 Å². The Morgan fingerprint density at radius 3 is 2.59 bits per heavy atom. The summed E-state index contributed by atoms with van der Waals surface area (Å²) in [4.78, 5) is 13.8. The van der Waals surface area contributed by atoms with Crippen molar-refractivity contribution in [3.63, 3.8) is 0 Å². The maximum absolute atomic E-state index is 11.9. The molecule has 6 nitrogen and oxygen atoms in total. The largest absolute Gasteiger partial charge is 0.484 e. The molecule has 1 aromatic carbocycles. The SMILES string of the molecule is CCc1nnc(-c2ccc(OCC(=O)N3CCCC3)cc2)o1. The van der Waals surface area contributed by atoms with Crippen LogP contribution in [0.3, 0.4) is 0 Å². The fourth-order valence-corrected chi connectivity index (χ4v) is 2.41. The number of benzene rings is 1. The van der Waals surface area contributed by atoms with Crippen LogP contribution in [0.15, 0.2) is 28.7 Å². The van der Waals surface area contributed by atoms with Crippen molar-refractivity contribution in [2.24, 2.45) is 0 Å². The molecule has 1 aliphatic rings. The van der Waals surface area contributed by atoms with Gasteiger partial charge in [0.25, 0.3) is 5.91 Å². The average molecular weight is 301 g/mol. The lowest BCUT2D eigenvalue weighted by atomic mass is 10.2. The highest BCUT2D eigenvalue weighted by Gasteiger charge is 2.18. The average Bonchev–Trinajstić information content (AvgIpc) is 3.24. The Balaban J connectivity index is 1.58. The molecule has 22 heavy (non-hydrogen) atoms. The van der Waals surface area contributed by atoms with Crippen LogP contribution in [0.5, 0.6) is 5.75 Å². The molecule has 0 N–H and O–H groups in total. The van der Waals surface area contributed by atoms with Crippen LogP contribution in [-0.4, -0.2) is 40.7 Å². The fraction of sp³-hybridized carbons (Fsp3) is 0.438. The molecule has 0 aliphatic carbocycles. The summed E-state index contributed by atoms with van der Waals surface area (Å²) in [6.45, 7) is 3.74. The summed E-state index contributed by atoms with van der Waals surface area (Å²) in [5.74, 6) is 1.82. The van der Waals surface area contributed by atoms with Crippen molar-refractivity contribution < 1.29 is 13.9 Å². The summed E-state index contributed by atoms with van der Waals surface area (Å²) in [5, 5.41) is 7.93. The molecule has 1 aromatic heterocycles. The van der Waals surface area contributed by atoms with E-state index in [1.165, 1.54) is 0 Å². The zero-order valence-corrected chi connectivity index (χ0v) is 12.6. The molecule has 3 rings (SSSR count). The van der Waals surface area contributed by atoms with E-state index in [1.807, 2.05) is 36.1 Å². The summed E-state index contributed by atoms with van der Waals surface area (Å²) in [5.41, 5.74) is 0.838. The highest BCUT2D eigenvalue weighted by atomic mass is 16.5. The molecule has 0 unspecified atom stereocenters. The van der Waals surface area contributed by atoms with E-state index in [1.54, 1.807) is 0 Å². The van der Waals surface area contributed by atoms with Crippen LogP contribution in [0.2, 0.25) is 0 Å². The summed E-state index contributed by atoms with van der Waals surface area (Å²) >= 11 is 0. The van der Waals surface area contributed by atoms with E-state index in [4.69, 9.17) is 9.15 Å². The molecule has 116 valence electrons. The molecule has 2 aromatic rings. The van der Waals surface area contributed by atoms with Crippen molar-refractivity contribution in [2.75, 3.05) is 19.7 Å². The first-order valence-corrected chi connectivity index (χ1v) is 7.59. The first-order chi connectivity index (χ1) is 10.8. The number of amides is 1. The van der Waals surface area contributed by atoms with Gasteiger partial charge in [0.15, 0.2) is 6.61 Å². The number of hydrogen-bond acceptors (Lipinski definition) is 5. The third kappa shape index (κ3) is 3.27. The van der Waals surface area contributed by atoms with Gasteiger partial charge in [0, 0.05) is 25.1 Å². The van der Waals surface area contributed by atoms with Crippen molar-refractivity contribution in [3.8, 4) is 17.2 Å². The number of likely N-dealkylation sites (tertiary alicyclic amines) is 1. The predicted octanol–water partition coefficient (Wildman–Crippen LogP) is 2.30. The van der Waals surface area contributed by atoms with Gasteiger partial charge in [-0.05, 0) is 37.1 Å². The zero-order valence-electron chi connectivity index (χ0n) is 12.6. The Morgan fingerprint density at radius 2 is 1.95 bits per heavy atom. The topological polar surface area (TPSA) is 68.5 Å². The third-order valence-electron chi connectivity index (χ3n) is 3.69. The van der Waals surface area contributed by atoms with E-state index in [0.29, 0.717) is 24.0 Å². The van der Waals surface area contributed by atoms with Gasteiger partial charge < -0.3 is 14.1 Å². The Kier molecular flexibility index (Phi) is 4.37. The van der Waals surface area contributed by atoms with Gasteiger partial charge in [0.2, 0.25) is 11.8 Å². The quantitative estimate of drug-likeness (QED) is 0.847. The summed E-state index contributed by atoms with van der Waals surface area (Å²) in [6.07, 6.45) is 2.89. The van der Waals surface area contributed by atoms with E-state index in [0.717, 1.165) is 31.5 Å². The van der Waals surface area contributed by atoms with Crippen LogP contribution in [0.1, 0.15) is 25.7 Å². The summed E-state index contributed by atoms with van der Waals surface area (Å²) in [6, 6.07) is 7.32. The van der Waals surface area contributed by atoms with E-state index in [9.17, 15) is 4.79 Å². The molecule has 0 saturated carbocycles. The zero-order chi connectivity index (χ0) is 15.4. The van der Waals surface area contributed by atoms with Gasteiger partial charge in [0.1, 0.15) is 5.75 Å². The third-order valence-corrected chi connectivity index (χ3v) is 3.69. The fourth-order valence-electron chi connectivity index (χ4n) is 2.41. The van der Waals surface area contributed by atoms with Crippen LogP contribution >= 0.6 is 0 Å². The molecule has 1 fully saturated rings. The second-order valence-corrected chi connectivity index (χ2v) is 5.26. The predicted molar refractivity (Wildman–Crippen MR) is 80.4 cm³/mol. The molecule has 1 amide bonds. The van der Waals surface area contributed by atoms with Gasteiger partial charge in [-0.3, -0.25) is 4.79 Å². The van der Waals surface area contributed by atoms with Gasteiger partial charge in [0.05, 0.1) is 0 Å². The first kappa shape index (κ1) is 14.6. The van der Waals surface area contributed by atoms with Gasteiger partial charge in [-0.25, -0.2) is 0 Å². The van der Waals surface area contributed by atoms with Crippen LogP contribution in [0.25, 0.3) is 11.5 Å². The molecule has 0 atom stereocenters. The maximum Gasteiger partial charge on any atom is 0.260 e. The lowest BCUT2D eigenvalue weighted by Crippen LogP contribution is -2.32. The number of ether oxygens (including phenoxy) is 1. The molecule has 0 spiro atoms. The maximum atomic E-state index is 11.9. The molecule has 0 bridgehead atoms. The smallest absolute Gasteiger partial charge is 0.260 e. The van der Waals surface area contributed by atoms with Crippen molar-refractivity contribution >= 4 is 5.91 Å². The highest BCUT2D eigenvalue weighted by Crippen LogP contribution is 2.21. The standard InChI is InChI=1S/C16H19N3O3/c1-2-14-17-18-16(22-14)12-5-7-13(8-6-12)21-11-15(20)19-9-3-4-10-19/h5-8H,2-4,9-11H2,1H3. The van der Waals surface area contributed by atoms with Crippen LogP contribution in [0.4, 0.5) is 0 Å². The van der Waals surface area contributed by atoms with Gasteiger partial charge in [-0.1, -0.05) is 6.92 Å². The van der Waals surface area contributed by atoms with Crippen molar-refractivity contribution in [2.45, 2.75) is 26.2 Å². The Hall–Kier alpha value is -2.37. The number of aryl methyl sites for hydroxylation is 1. The minimum Gasteiger partial charge on any atom is -0.484 e. The minimum absolute atomic E-state index is 0.0473.